The molecule has 14 nitrogen and oxygen atoms in total. The van der Waals surface area contributed by atoms with Gasteiger partial charge in [0, 0.05) is 13.0 Å². The van der Waals surface area contributed by atoms with E-state index in [0.717, 1.165) is 89.9 Å². The van der Waals surface area contributed by atoms with E-state index >= 15 is 0 Å². The van der Waals surface area contributed by atoms with Crippen molar-refractivity contribution in [3.05, 3.63) is 72.9 Å². The van der Waals surface area contributed by atoms with Crippen LogP contribution in [0.25, 0.3) is 0 Å². The molecule has 67 heavy (non-hydrogen) atoms. The summed E-state index contributed by atoms with van der Waals surface area (Å²) in [6.45, 7) is 3.47. The first-order valence-electron chi connectivity index (χ1n) is 25.5. The first-order valence-corrected chi connectivity index (χ1v) is 25.5. The van der Waals surface area contributed by atoms with Gasteiger partial charge in [-0.05, 0) is 83.5 Å². The average molecular weight is 951 g/mol. The van der Waals surface area contributed by atoms with Gasteiger partial charge in [0.25, 0.3) is 0 Å². The molecule has 2 fully saturated rings. The predicted octanol–water partition coefficient (Wildman–Crippen LogP) is 7.51. The molecule has 0 aliphatic carbocycles. The maximum absolute atomic E-state index is 13.0. The summed E-state index contributed by atoms with van der Waals surface area (Å²) >= 11 is 0. The third kappa shape index (κ3) is 28.0. The summed E-state index contributed by atoms with van der Waals surface area (Å²) in [6, 6.07) is 0. The Hall–Kier alpha value is -2.57. The van der Waals surface area contributed by atoms with Crippen LogP contribution in [0.4, 0.5) is 0 Å². The molecule has 0 spiro atoms. The molecule has 7 N–H and O–H groups in total. The molecule has 0 aromatic carbocycles. The first-order chi connectivity index (χ1) is 32.6. The van der Waals surface area contributed by atoms with Gasteiger partial charge in [-0.2, -0.15) is 0 Å². The molecular formula is C53H90O14. The number of aliphatic hydroxyl groups excluding tert-OH is 7. The molecule has 0 aromatic rings. The van der Waals surface area contributed by atoms with Crippen molar-refractivity contribution in [2.24, 2.45) is 0 Å². The molecule has 2 aliphatic rings. The highest BCUT2D eigenvalue weighted by atomic mass is 16.7. The van der Waals surface area contributed by atoms with Gasteiger partial charge in [0.15, 0.2) is 12.6 Å². The van der Waals surface area contributed by atoms with E-state index in [9.17, 15) is 40.5 Å². The second kappa shape index (κ2) is 40.2. The van der Waals surface area contributed by atoms with Gasteiger partial charge >= 0.3 is 5.97 Å². The van der Waals surface area contributed by atoms with Crippen LogP contribution in [-0.4, -0.2) is 142 Å². The second-order valence-corrected chi connectivity index (χ2v) is 17.6. The molecule has 2 heterocycles. The fraction of sp³-hybridized carbons (Fsp3) is 0.755. The summed E-state index contributed by atoms with van der Waals surface area (Å²) in [6.07, 6.45) is 32.4. The van der Waals surface area contributed by atoms with E-state index in [1.807, 2.05) is 0 Å². The van der Waals surface area contributed by atoms with Crippen LogP contribution in [0.5, 0.6) is 0 Å². The van der Waals surface area contributed by atoms with Gasteiger partial charge in [-0.25, -0.2) is 0 Å². The lowest BCUT2D eigenvalue weighted by Crippen LogP contribution is -2.61. The Morgan fingerprint density at radius 2 is 0.970 bits per heavy atom. The monoisotopic (exact) mass is 951 g/mol. The molecule has 0 amide bonds. The summed E-state index contributed by atoms with van der Waals surface area (Å²) < 4.78 is 34.2. The van der Waals surface area contributed by atoms with E-state index in [1.165, 1.54) is 38.5 Å². The zero-order chi connectivity index (χ0) is 48.7. The Kier molecular flexibility index (Phi) is 36.3. The molecule has 2 saturated heterocycles. The lowest BCUT2D eigenvalue weighted by atomic mass is 9.98. The number of carbonyl (C=O) groups is 1. The van der Waals surface area contributed by atoms with Crippen LogP contribution in [0.15, 0.2) is 72.9 Å². The van der Waals surface area contributed by atoms with Crippen LogP contribution >= 0.6 is 0 Å². The van der Waals surface area contributed by atoms with Crippen molar-refractivity contribution in [2.75, 3.05) is 33.0 Å². The number of ether oxygens (including phenoxy) is 6. The maximum atomic E-state index is 13.0. The van der Waals surface area contributed by atoms with E-state index in [-0.39, 0.29) is 19.6 Å². The van der Waals surface area contributed by atoms with Crippen LogP contribution in [0.1, 0.15) is 155 Å². The Bertz CT molecular complexity index is 1380. The minimum atomic E-state index is -1.72. The van der Waals surface area contributed by atoms with Gasteiger partial charge in [0.1, 0.15) is 54.9 Å². The Morgan fingerprint density at radius 1 is 0.507 bits per heavy atom. The third-order valence-electron chi connectivity index (χ3n) is 11.7. The Morgan fingerprint density at radius 3 is 1.52 bits per heavy atom. The quantitative estimate of drug-likeness (QED) is 0.0181. The minimum Gasteiger partial charge on any atom is -0.457 e. The topological polar surface area (TPSA) is 214 Å². The van der Waals surface area contributed by atoms with Crippen molar-refractivity contribution in [1.29, 1.82) is 0 Å². The van der Waals surface area contributed by atoms with Crippen LogP contribution in [-0.2, 0) is 33.2 Å². The van der Waals surface area contributed by atoms with Crippen molar-refractivity contribution in [2.45, 2.75) is 223 Å². The highest BCUT2D eigenvalue weighted by Gasteiger charge is 2.47. The van der Waals surface area contributed by atoms with Gasteiger partial charge < -0.3 is 64.2 Å². The lowest BCUT2D eigenvalue weighted by molar-refractivity contribution is -0.332. The van der Waals surface area contributed by atoms with E-state index in [1.54, 1.807) is 0 Å². The number of unbranched alkanes of at least 4 members (excludes halogenated alkanes) is 13. The number of rotatable bonds is 39. The van der Waals surface area contributed by atoms with Gasteiger partial charge in [0.05, 0.1) is 26.4 Å². The van der Waals surface area contributed by atoms with Crippen molar-refractivity contribution < 1.29 is 69.0 Å². The van der Waals surface area contributed by atoms with Crippen molar-refractivity contribution >= 4 is 5.97 Å². The molecule has 0 radical (unpaired) electrons. The van der Waals surface area contributed by atoms with Crippen LogP contribution < -0.4 is 0 Å². The molecule has 0 bridgehead atoms. The number of allylic oxidation sites excluding steroid dienone is 12. The fourth-order valence-electron chi connectivity index (χ4n) is 7.54. The van der Waals surface area contributed by atoms with Crippen LogP contribution in [0, 0.1) is 0 Å². The minimum absolute atomic E-state index is 0.0402. The number of carbonyl (C=O) groups excluding carboxylic acids is 1. The van der Waals surface area contributed by atoms with E-state index in [0.29, 0.717) is 13.0 Å². The van der Waals surface area contributed by atoms with Crippen LogP contribution in [0.2, 0.25) is 0 Å². The summed E-state index contributed by atoms with van der Waals surface area (Å²) in [4.78, 5) is 13.0. The largest absolute Gasteiger partial charge is 0.457 e. The number of esters is 1. The lowest BCUT2D eigenvalue weighted by Gasteiger charge is -2.42. The van der Waals surface area contributed by atoms with Crippen LogP contribution in [0.3, 0.4) is 0 Å². The predicted molar refractivity (Wildman–Crippen MR) is 261 cm³/mol. The number of hydrogen-bond donors (Lipinski definition) is 7. The van der Waals surface area contributed by atoms with Gasteiger partial charge in [0.2, 0.25) is 0 Å². The van der Waals surface area contributed by atoms with E-state index in [2.05, 4.69) is 86.8 Å². The fourth-order valence-corrected chi connectivity index (χ4v) is 7.54. The highest BCUT2D eigenvalue weighted by Crippen LogP contribution is 2.26. The Labute approximate surface area is 402 Å². The summed E-state index contributed by atoms with van der Waals surface area (Å²) in [7, 11) is 0. The smallest absolute Gasteiger partial charge is 0.306 e. The normalized spacial score (nSPS) is 26.7. The highest BCUT2D eigenvalue weighted by molar-refractivity contribution is 5.69. The molecule has 11 unspecified atom stereocenters. The first kappa shape index (κ1) is 60.6. The molecule has 0 saturated carbocycles. The molecular weight excluding hydrogens is 861 g/mol. The van der Waals surface area contributed by atoms with E-state index < -0.39 is 86.7 Å². The molecule has 2 aliphatic heterocycles. The number of hydrogen-bond acceptors (Lipinski definition) is 14. The third-order valence-corrected chi connectivity index (χ3v) is 11.7. The zero-order valence-corrected chi connectivity index (χ0v) is 40.9. The average Bonchev–Trinajstić information content (AvgIpc) is 3.32. The van der Waals surface area contributed by atoms with Gasteiger partial charge in [-0.1, -0.05) is 138 Å². The van der Waals surface area contributed by atoms with Gasteiger partial charge in [-0.3, -0.25) is 4.79 Å². The summed E-state index contributed by atoms with van der Waals surface area (Å²) in [5.41, 5.74) is 0. The summed E-state index contributed by atoms with van der Waals surface area (Å²) in [5.74, 6) is -0.406. The molecule has 2 rings (SSSR count). The Balaban J connectivity index is 1.80. The second-order valence-electron chi connectivity index (χ2n) is 17.6. The van der Waals surface area contributed by atoms with E-state index in [4.69, 9.17) is 28.4 Å². The SMILES string of the molecule is CC/C=C\C/C=C\C/C=C\C/C=C\CCCCCCC(=O)OC(COCCCCCCCC/C=C\C/C=C\CCCCC)COC1OC(COC2OC(CO)C(O)C(O)C2O)C(O)C(O)C1O. The van der Waals surface area contributed by atoms with Crippen molar-refractivity contribution in [3.8, 4) is 0 Å². The standard InChI is InChI=1S/C53H90O14/c1-3-5-7-9-11-13-15-17-19-21-22-24-26-28-30-32-34-36-45(55)65-42(39-62-37-35-33-31-29-27-25-23-20-18-16-14-12-10-8-6-4-2)40-63-52-51(61)49(59)47(57)44(67-52)41-64-53-50(60)48(58)46(56)43(38-54)66-53/h5,7,11-14,17-20,22,24,42-44,46-54,56-61H,3-4,6,8-10,15-16,21,23,25-41H2,1-2H3/b7-5-,13-11-,14-12-,19-17-,20-18-,24-22-. The van der Waals surface area contributed by atoms with Gasteiger partial charge in [-0.15, -0.1) is 0 Å². The van der Waals surface area contributed by atoms with Crippen molar-refractivity contribution in [1.82, 2.24) is 0 Å². The maximum Gasteiger partial charge on any atom is 0.306 e. The summed E-state index contributed by atoms with van der Waals surface area (Å²) in [5, 5.41) is 72.1. The molecule has 0 aromatic heterocycles. The number of aliphatic hydroxyl groups is 7. The molecule has 386 valence electrons. The van der Waals surface area contributed by atoms with Crippen molar-refractivity contribution in [3.63, 3.8) is 0 Å². The molecule has 14 heteroatoms. The zero-order valence-electron chi connectivity index (χ0n) is 40.9. The molecule has 11 atom stereocenters.